The second kappa shape index (κ2) is 7.45. The van der Waals surface area contributed by atoms with Gasteiger partial charge in [-0.2, -0.15) is 0 Å². The number of amides is 1. The third kappa shape index (κ3) is 4.23. The van der Waals surface area contributed by atoms with E-state index in [0.717, 1.165) is 5.56 Å². The lowest BCUT2D eigenvalue weighted by atomic mass is 10.1. The van der Waals surface area contributed by atoms with Crippen LogP contribution >= 0.6 is 0 Å². The number of aromatic nitrogens is 2. The lowest BCUT2D eigenvalue weighted by molar-refractivity contribution is -0.138. The molecule has 0 spiro atoms. The Labute approximate surface area is 144 Å². The normalized spacial score (nSPS) is 18.8. The first kappa shape index (κ1) is 17.1. The maximum absolute atomic E-state index is 12.8. The summed E-state index contributed by atoms with van der Waals surface area (Å²) in [6.07, 6.45) is 2.58. The molecule has 0 saturated carbocycles. The highest BCUT2D eigenvalue weighted by Crippen LogP contribution is 2.18. The molecule has 1 amide bonds. The summed E-state index contributed by atoms with van der Waals surface area (Å²) in [5, 5.41) is 19.0. The SMILES string of the molecule is O=C(O)CN1CCN(C(=O)c2cccc(-c3ncc[nH]3)c2)CC(O)C1. The zero-order chi connectivity index (χ0) is 17.8. The fourth-order valence-corrected chi connectivity index (χ4v) is 2.98. The number of aliphatic hydroxyl groups excluding tert-OH is 1. The van der Waals surface area contributed by atoms with E-state index in [4.69, 9.17) is 5.11 Å². The molecule has 0 bridgehead atoms. The van der Waals surface area contributed by atoms with Crippen molar-refractivity contribution in [2.45, 2.75) is 6.10 Å². The van der Waals surface area contributed by atoms with E-state index >= 15 is 0 Å². The third-order valence-electron chi connectivity index (χ3n) is 4.11. The molecule has 132 valence electrons. The number of carbonyl (C=O) groups is 2. The molecule has 8 nitrogen and oxygen atoms in total. The maximum atomic E-state index is 12.8. The van der Waals surface area contributed by atoms with Gasteiger partial charge in [0, 0.05) is 49.7 Å². The Morgan fingerprint density at radius 1 is 1.28 bits per heavy atom. The van der Waals surface area contributed by atoms with Crippen LogP contribution in [0.25, 0.3) is 11.4 Å². The maximum Gasteiger partial charge on any atom is 0.317 e. The smallest absolute Gasteiger partial charge is 0.317 e. The van der Waals surface area contributed by atoms with Crippen molar-refractivity contribution in [3.63, 3.8) is 0 Å². The first-order valence-corrected chi connectivity index (χ1v) is 8.04. The molecule has 3 N–H and O–H groups in total. The van der Waals surface area contributed by atoms with Crippen LogP contribution in [0.4, 0.5) is 0 Å². The minimum absolute atomic E-state index is 0.146. The monoisotopic (exact) mass is 344 g/mol. The molecule has 1 saturated heterocycles. The third-order valence-corrected chi connectivity index (χ3v) is 4.11. The first-order valence-electron chi connectivity index (χ1n) is 8.04. The summed E-state index contributed by atoms with van der Waals surface area (Å²) >= 11 is 0. The van der Waals surface area contributed by atoms with Gasteiger partial charge in [0.15, 0.2) is 0 Å². The van der Waals surface area contributed by atoms with Crippen LogP contribution in [-0.2, 0) is 4.79 Å². The molecule has 3 rings (SSSR count). The molecule has 0 aliphatic carbocycles. The number of aliphatic hydroxyl groups is 1. The zero-order valence-corrected chi connectivity index (χ0v) is 13.6. The molecule has 0 radical (unpaired) electrons. The highest BCUT2D eigenvalue weighted by atomic mass is 16.4. The molecule has 1 atom stereocenters. The molecule has 1 aromatic heterocycles. The molecule has 1 fully saturated rings. The number of aliphatic carboxylic acids is 1. The minimum atomic E-state index is -0.946. The number of β-amino-alcohol motifs (C(OH)–C–C–N with tert-alkyl or cyclic N) is 1. The molecule has 25 heavy (non-hydrogen) atoms. The number of hydrogen-bond donors (Lipinski definition) is 3. The van der Waals surface area contributed by atoms with Crippen molar-refractivity contribution in [1.29, 1.82) is 0 Å². The van der Waals surface area contributed by atoms with Crippen LogP contribution in [0, 0.1) is 0 Å². The molecule has 1 aliphatic heterocycles. The van der Waals surface area contributed by atoms with Gasteiger partial charge in [-0.25, -0.2) is 4.98 Å². The Hall–Kier alpha value is -2.71. The van der Waals surface area contributed by atoms with Gasteiger partial charge in [0.1, 0.15) is 5.82 Å². The average Bonchev–Trinajstić information content (AvgIpc) is 3.05. The number of carboxylic acids is 1. The van der Waals surface area contributed by atoms with Gasteiger partial charge in [0.05, 0.1) is 12.6 Å². The number of benzene rings is 1. The molecule has 2 aromatic rings. The summed E-state index contributed by atoms with van der Waals surface area (Å²) < 4.78 is 0. The Morgan fingerprint density at radius 3 is 2.84 bits per heavy atom. The second-order valence-corrected chi connectivity index (χ2v) is 6.05. The van der Waals surface area contributed by atoms with Gasteiger partial charge in [-0.05, 0) is 12.1 Å². The predicted molar refractivity (Wildman–Crippen MR) is 90.0 cm³/mol. The number of nitrogens with one attached hydrogen (secondary N) is 1. The summed E-state index contributed by atoms with van der Waals surface area (Å²) in [6, 6.07) is 7.13. The number of hydrogen-bond acceptors (Lipinski definition) is 5. The van der Waals surface area contributed by atoms with Gasteiger partial charge in [-0.3, -0.25) is 14.5 Å². The Bertz CT molecular complexity index is 747. The number of imidazole rings is 1. The van der Waals surface area contributed by atoms with E-state index < -0.39 is 12.1 Å². The van der Waals surface area contributed by atoms with Crippen LogP contribution in [0.2, 0.25) is 0 Å². The van der Waals surface area contributed by atoms with E-state index in [0.29, 0.717) is 24.5 Å². The number of aromatic amines is 1. The van der Waals surface area contributed by atoms with Gasteiger partial charge in [-0.1, -0.05) is 12.1 Å². The fourth-order valence-electron chi connectivity index (χ4n) is 2.98. The van der Waals surface area contributed by atoms with Crippen LogP contribution < -0.4 is 0 Å². The lowest BCUT2D eigenvalue weighted by Crippen LogP contribution is -2.37. The van der Waals surface area contributed by atoms with Crippen LogP contribution in [-0.4, -0.2) is 80.7 Å². The molecule has 1 aliphatic rings. The van der Waals surface area contributed by atoms with E-state index in [2.05, 4.69) is 9.97 Å². The fraction of sp³-hybridized carbons (Fsp3) is 0.353. The number of rotatable bonds is 4. The highest BCUT2D eigenvalue weighted by molar-refractivity contribution is 5.95. The van der Waals surface area contributed by atoms with Gasteiger partial charge in [-0.15, -0.1) is 0 Å². The van der Waals surface area contributed by atoms with Crippen LogP contribution in [0.1, 0.15) is 10.4 Å². The molecular weight excluding hydrogens is 324 g/mol. The van der Waals surface area contributed by atoms with Crippen molar-refractivity contribution in [3.05, 3.63) is 42.2 Å². The molecule has 1 unspecified atom stereocenters. The minimum Gasteiger partial charge on any atom is -0.480 e. The van der Waals surface area contributed by atoms with Crippen molar-refractivity contribution < 1.29 is 19.8 Å². The van der Waals surface area contributed by atoms with Crippen molar-refractivity contribution in [2.75, 3.05) is 32.7 Å². The van der Waals surface area contributed by atoms with Crippen molar-refractivity contribution in [1.82, 2.24) is 19.8 Å². The van der Waals surface area contributed by atoms with Crippen molar-refractivity contribution in [2.24, 2.45) is 0 Å². The number of carboxylic acid groups (broad SMARTS) is 1. The number of nitrogens with zero attached hydrogens (tertiary/aromatic N) is 3. The highest BCUT2D eigenvalue weighted by Gasteiger charge is 2.26. The average molecular weight is 344 g/mol. The summed E-state index contributed by atoms with van der Waals surface area (Å²) in [4.78, 5) is 34.0. The van der Waals surface area contributed by atoms with Crippen molar-refractivity contribution >= 4 is 11.9 Å². The first-order chi connectivity index (χ1) is 12.0. The summed E-state index contributed by atoms with van der Waals surface area (Å²) in [5.74, 6) is -0.457. The summed E-state index contributed by atoms with van der Waals surface area (Å²) in [6.45, 7) is 1.05. The van der Waals surface area contributed by atoms with E-state index in [-0.39, 0.29) is 25.5 Å². The standard InChI is InChI=1S/C17H20N4O4/c22-14-9-20(11-15(23)24)6-7-21(10-14)17(25)13-3-1-2-12(8-13)16-18-4-5-19-16/h1-5,8,14,22H,6-7,9-11H2,(H,18,19)(H,23,24). The van der Waals surface area contributed by atoms with Crippen molar-refractivity contribution in [3.8, 4) is 11.4 Å². The predicted octanol–water partition coefficient (Wildman–Crippen LogP) is 0.280. The Kier molecular flexibility index (Phi) is 5.11. The topological polar surface area (TPSA) is 110 Å². The molecular formula is C17H20N4O4. The van der Waals surface area contributed by atoms with Gasteiger partial charge in [0.2, 0.25) is 0 Å². The number of H-pyrrole nitrogens is 1. The van der Waals surface area contributed by atoms with Crippen LogP contribution in [0.3, 0.4) is 0 Å². The molecule has 1 aromatic carbocycles. The van der Waals surface area contributed by atoms with E-state index in [1.165, 1.54) is 0 Å². The van der Waals surface area contributed by atoms with E-state index in [1.54, 1.807) is 40.4 Å². The summed E-state index contributed by atoms with van der Waals surface area (Å²) in [7, 11) is 0. The molecule has 2 heterocycles. The van der Waals surface area contributed by atoms with Gasteiger partial charge >= 0.3 is 5.97 Å². The van der Waals surface area contributed by atoms with E-state index in [1.807, 2.05) is 6.07 Å². The summed E-state index contributed by atoms with van der Waals surface area (Å²) in [5.41, 5.74) is 1.31. The quantitative estimate of drug-likeness (QED) is 0.735. The van der Waals surface area contributed by atoms with Gasteiger partial charge in [0.25, 0.3) is 5.91 Å². The Balaban J connectivity index is 1.74. The largest absolute Gasteiger partial charge is 0.480 e. The van der Waals surface area contributed by atoms with E-state index in [9.17, 15) is 14.7 Å². The second-order valence-electron chi connectivity index (χ2n) is 6.05. The number of carbonyl (C=O) groups excluding carboxylic acids is 1. The molecule has 8 heteroatoms. The van der Waals surface area contributed by atoms with Crippen LogP contribution in [0.5, 0.6) is 0 Å². The van der Waals surface area contributed by atoms with Gasteiger partial charge < -0.3 is 20.1 Å². The van der Waals surface area contributed by atoms with Crippen LogP contribution in [0.15, 0.2) is 36.7 Å². The lowest BCUT2D eigenvalue weighted by Gasteiger charge is -2.22. The Morgan fingerprint density at radius 2 is 2.12 bits per heavy atom. The zero-order valence-electron chi connectivity index (χ0n) is 13.6.